The molecule has 2 N–H and O–H groups in total. The minimum Gasteiger partial charge on any atom is -0.325 e. The Morgan fingerprint density at radius 2 is 2.08 bits per heavy atom. The predicted octanol–water partition coefficient (Wildman–Crippen LogP) is 0.830. The van der Waals surface area contributed by atoms with E-state index in [2.05, 4.69) is 5.32 Å². The Labute approximate surface area is 75.7 Å². The van der Waals surface area contributed by atoms with Crippen molar-refractivity contribution in [1.82, 2.24) is 5.06 Å². The maximum absolute atomic E-state index is 11.1. The summed E-state index contributed by atoms with van der Waals surface area (Å²) in [6.07, 6.45) is 0. The number of nitrogens with one attached hydrogen (secondary N) is 1. The summed E-state index contributed by atoms with van der Waals surface area (Å²) in [4.78, 5) is 11.1. The average molecular weight is 178 g/mol. The van der Waals surface area contributed by atoms with Gasteiger partial charge in [0.15, 0.2) is 0 Å². The molecular weight excluding hydrogens is 168 g/mol. The number of anilines is 1. The molecule has 0 fully saturated rings. The van der Waals surface area contributed by atoms with E-state index in [1.165, 1.54) is 0 Å². The Bertz CT molecular complexity index is 338. The number of para-hydroxylation sites is 1. The SMILES string of the molecule is O=C1CN(O)Cc2ccccc2N1. The van der Waals surface area contributed by atoms with E-state index in [4.69, 9.17) is 0 Å². The van der Waals surface area contributed by atoms with Gasteiger partial charge in [0.2, 0.25) is 5.91 Å². The van der Waals surface area contributed by atoms with Gasteiger partial charge >= 0.3 is 0 Å². The summed E-state index contributed by atoms with van der Waals surface area (Å²) in [6.45, 7) is 0.406. The number of benzene rings is 1. The Hall–Kier alpha value is -1.39. The number of amides is 1. The summed E-state index contributed by atoms with van der Waals surface area (Å²) >= 11 is 0. The highest BCUT2D eigenvalue weighted by Crippen LogP contribution is 2.18. The summed E-state index contributed by atoms with van der Waals surface area (Å²) < 4.78 is 0. The second kappa shape index (κ2) is 3.16. The standard InChI is InChI=1S/C9H10N2O2/c12-9-6-11(13)5-7-3-1-2-4-8(7)10-9/h1-4,13H,5-6H2,(H,10,12). The van der Waals surface area contributed by atoms with E-state index < -0.39 is 0 Å². The lowest BCUT2D eigenvalue weighted by atomic mass is 10.2. The topological polar surface area (TPSA) is 52.6 Å². The van der Waals surface area contributed by atoms with Crippen molar-refractivity contribution in [1.29, 1.82) is 0 Å². The summed E-state index contributed by atoms with van der Waals surface area (Å²) in [5.74, 6) is -0.188. The van der Waals surface area contributed by atoms with Gasteiger partial charge in [-0.2, -0.15) is 5.06 Å². The average Bonchev–Trinajstić information content (AvgIpc) is 2.20. The van der Waals surface area contributed by atoms with Gasteiger partial charge in [0, 0.05) is 5.69 Å². The van der Waals surface area contributed by atoms with Crippen LogP contribution in [0.15, 0.2) is 24.3 Å². The van der Waals surface area contributed by atoms with Crippen molar-refractivity contribution >= 4 is 11.6 Å². The number of fused-ring (bicyclic) bond motifs is 1. The fourth-order valence-electron chi connectivity index (χ4n) is 1.39. The molecule has 0 aliphatic carbocycles. The second-order valence-electron chi connectivity index (χ2n) is 3.03. The summed E-state index contributed by atoms with van der Waals surface area (Å²) in [5.41, 5.74) is 1.71. The molecular formula is C9H10N2O2. The van der Waals surface area contributed by atoms with Gasteiger partial charge in [0.05, 0.1) is 6.54 Å². The molecule has 1 aromatic carbocycles. The number of hydroxylamine groups is 2. The normalized spacial score (nSPS) is 17.5. The van der Waals surface area contributed by atoms with Crippen molar-refractivity contribution in [3.8, 4) is 0 Å². The molecule has 0 aromatic heterocycles. The molecule has 1 heterocycles. The zero-order chi connectivity index (χ0) is 9.26. The Morgan fingerprint density at radius 3 is 2.92 bits per heavy atom. The smallest absolute Gasteiger partial charge is 0.241 e. The zero-order valence-corrected chi connectivity index (χ0v) is 7.03. The maximum atomic E-state index is 11.1. The highest BCUT2D eigenvalue weighted by molar-refractivity contribution is 5.93. The predicted molar refractivity (Wildman–Crippen MR) is 47.3 cm³/mol. The quantitative estimate of drug-likeness (QED) is 0.618. The molecule has 1 aromatic rings. The summed E-state index contributed by atoms with van der Waals surface area (Å²) in [7, 11) is 0. The van der Waals surface area contributed by atoms with E-state index in [0.717, 1.165) is 16.3 Å². The van der Waals surface area contributed by atoms with Crippen molar-refractivity contribution < 1.29 is 10.0 Å². The molecule has 4 heteroatoms. The van der Waals surface area contributed by atoms with Gasteiger partial charge in [-0.25, -0.2) is 0 Å². The van der Waals surface area contributed by atoms with E-state index >= 15 is 0 Å². The van der Waals surface area contributed by atoms with Crippen LogP contribution in [0.2, 0.25) is 0 Å². The number of carbonyl (C=O) groups is 1. The number of hydrogen-bond acceptors (Lipinski definition) is 3. The Balaban J connectivity index is 2.38. The first-order valence-electron chi connectivity index (χ1n) is 4.07. The van der Waals surface area contributed by atoms with Crippen LogP contribution in [0.4, 0.5) is 5.69 Å². The molecule has 0 unspecified atom stereocenters. The largest absolute Gasteiger partial charge is 0.325 e. The lowest BCUT2D eigenvalue weighted by Gasteiger charge is -2.08. The highest BCUT2D eigenvalue weighted by Gasteiger charge is 2.16. The molecule has 4 nitrogen and oxygen atoms in total. The summed E-state index contributed by atoms with van der Waals surface area (Å²) in [5, 5.41) is 13.0. The first kappa shape index (κ1) is 8.22. The van der Waals surface area contributed by atoms with Crippen molar-refractivity contribution in [2.45, 2.75) is 6.54 Å². The van der Waals surface area contributed by atoms with Crippen LogP contribution in [0.3, 0.4) is 0 Å². The summed E-state index contributed by atoms with van der Waals surface area (Å²) in [6, 6.07) is 7.44. The van der Waals surface area contributed by atoms with Crippen LogP contribution < -0.4 is 5.32 Å². The van der Waals surface area contributed by atoms with Gasteiger partial charge in [-0.3, -0.25) is 4.79 Å². The maximum Gasteiger partial charge on any atom is 0.241 e. The third kappa shape index (κ3) is 1.68. The first-order valence-corrected chi connectivity index (χ1v) is 4.07. The van der Waals surface area contributed by atoms with E-state index in [0.29, 0.717) is 6.54 Å². The molecule has 0 radical (unpaired) electrons. The van der Waals surface area contributed by atoms with Crippen LogP contribution in [0, 0.1) is 0 Å². The number of carbonyl (C=O) groups excluding carboxylic acids is 1. The van der Waals surface area contributed by atoms with E-state index in [1.54, 1.807) is 0 Å². The molecule has 0 saturated heterocycles. The minimum absolute atomic E-state index is 0.0225. The lowest BCUT2D eigenvalue weighted by molar-refractivity contribution is -0.134. The number of nitrogens with zero attached hydrogens (tertiary/aromatic N) is 1. The van der Waals surface area contributed by atoms with Crippen molar-refractivity contribution in [3.63, 3.8) is 0 Å². The van der Waals surface area contributed by atoms with Crippen LogP contribution in [-0.2, 0) is 11.3 Å². The van der Waals surface area contributed by atoms with Gasteiger partial charge in [-0.05, 0) is 11.6 Å². The molecule has 0 saturated carbocycles. The number of hydrogen-bond donors (Lipinski definition) is 2. The molecule has 0 spiro atoms. The third-order valence-electron chi connectivity index (χ3n) is 1.97. The lowest BCUT2D eigenvalue weighted by Crippen LogP contribution is -2.26. The fraction of sp³-hybridized carbons (Fsp3) is 0.222. The Kier molecular flexibility index (Phi) is 2.00. The first-order chi connectivity index (χ1) is 6.25. The van der Waals surface area contributed by atoms with Gasteiger partial charge in [-0.15, -0.1) is 0 Å². The van der Waals surface area contributed by atoms with E-state index in [-0.39, 0.29) is 12.5 Å². The van der Waals surface area contributed by atoms with Crippen LogP contribution in [-0.4, -0.2) is 22.7 Å². The molecule has 0 bridgehead atoms. The van der Waals surface area contributed by atoms with Crippen LogP contribution >= 0.6 is 0 Å². The van der Waals surface area contributed by atoms with E-state index in [1.807, 2.05) is 24.3 Å². The molecule has 68 valence electrons. The second-order valence-corrected chi connectivity index (χ2v) is 3.03. The molecule has 1 aliphatic heterocycles. The van der Waals surface area contributed by atoms with Gasteiger partial charge in [0.25, 0.3) is 0 Å². The van der Waals surface area contributed by atoms with Crippen LogP contribution in [0.25, 0.3) is 0 Å². The van der Waals surface area contributed by atoms with Crippen molar-refractivity contribution in [2.24, 2.45) is 0 Å². The van der Waals surface area contributed by atoms with Crippen molar-refractivity contribution in [2.75, 3.05) is 11.9 Å². The number of rotatable bonds is 0. The minimum atomic E-state index is -0.188. The zero-order valence-electron chi connectivity index (χ0n) is 7.03. The van der Waals surface area contributed by atoms with Gasteiger partial charge in [-0.1, -0.05) is 18.2 Å². The van der Waals surface area contributed by atoms with Crippen LogP contribution in [0.5, 0.6) is 0 Å². The molecule has 1 amide bonds. The fourth-order valence-corrected chi connectivity index (χ4v) is 1.39. The van der Waals surface area contributed by atoms with Crippen LogP contribution in [0.1, 0.15) is 5.56 Å². The third-order valence-corrected chi connectivity index (χ3v) is 1.97. The van der Waals surface area contributed by atoms with Gasteiger partial charge in [0.1, 0.15) is 6.54 Å². The monoisotopic (exact) mass is 178 g/mol. The van der Waals surface area contributed by atoms with Crippen molar-refractivity contribution in [3.05, 3.63) is 29.8 Å². The Morgan fingerprint density at radius 1 is 1.31 bits per heavy atom. The highest BCUT2D eigenvalue weighted by atomic mass is 16.5. The molecule has 0 atom stereocenters. The molecule has 2 rings (SSSR count). The van der Waals surface area contributed by atoms with Gasteiger partial charge < -0.3 is 10.5 Å². The molecule has 1 aliphatic rings. The molecule has 13 heavy (non-hydrogen) atoms. The van der Waals surface area contributed by atoms with E-state index in [9.17, 15) is 10.0 Å².